The Balaban J connectivity index is 2.37. The molecular weight excluding hydrogens is 324 g/mol. The topological polar surface area (TPSA) is 93.1 Å². The maximum Gasteiger partial charge on any atom is 0.334 e. The summed E-state index contributed by atoms with van der Waals surface area (Å²) >= 11 is 0. The summed E-state index contributed by atoms with van der Waals surface area (Å²) in [5, 5.41) is 18.7. The summed E-state index contributed by atoms with van der Waals surface area (Å²) in [4.78, 5) is 24.2. The standard InChI is InChI=1S/C19H26O6/c1-11-5-4-6-14(10-21)8-16-17(13(3)19(23)25-16)15(7-11)24-18(22)12(2)9-20/h5,8,12,15-17,20-21H,3-4,6-7,9-10H2,1-2H3/b11-5?,14-8-/t12?,15-,16+,17+/m0/s1. The van der Waals surface area contributed by atoms with E-state index in [1.807, 2.05) is 13.0 Å². The highest BCUT2D eigenvalue weighted by Crippen LogP contribution is 2.36. The molecule has 1 fully saturated rings. The van der Waals surface area contributed by atoms with Crippen molar-refractivity contribution in [3.05, 3.63) is 35.5 Å². The molecule has 1 aliphatic carbocycles. The molecule has 2 N–H and O–H groups in total. The van der Waals surface area contributed by atoms with Crippen molar-refractivity contribution in [2.24, 2.45) is 11.8 Å². The van der Waals surface area contributed by atoms with E-state index in [2.05, 4.69) is 6.58 Å². The van der Waals surface area contributed by atoms with Gasteiger partial charge < -0.3 is 19.7 Å². The number of hydrogen-bond acceptors (Lipinski definition) is 6. The third-order valence-corrected chi connectivity index (χ3v) is 4.69. The summed E-state index contributed by atoms with van der Waals surface area (Å²) in [6, 6.07) is 0. The van der Waals surface area contributed by atoms with Crippen molar-refractivity contribution >= 4 is 11.9 Å². The van der Waals surface area contributed by atoms with Gasteiger partial charge >= 0.3 is 11.9 Å². The first-order chi connectivity index (χ1) is 11.9. The van der Waals surface area contributed by atoms with Gasteiger partial charge in [0.25, 0.3) is 0 Å². The Morgan fingerprint density at radius 1 is 1.48 bits per heavy atom. The first kappa shape index (κ1) is 19.4. The maximum atomic E-state index is 12.2. The molecule has 138 valence electrons. The highest BCUT2D eigenvalue weighted by atomic mass is 16.6. The van der Waals surface area contributed by atoms with Crippen LogP contribution in [-0.4, -0.2) is 47.6 Å². The zero-order chi connectivity index (χ0) is 18.6. The molecule has 1 aliphatic heterocycles. The average Bonchev–Trinajstić information content (AvgIpc) is 2.86. The molecule has 4 atom stereocenters. The highest BCUT2D eigenvalue weighted by molar-refractivity contribution is 5.91. The summed E-state index contributed by atoms with van der Waals surface area (Å²) in [5.41, 5.74) is 2.07. The second-order valence-electron chi connectivity index (χ2n) is 6.76. The molecule has 0 aromatic rings. The normalized spacial score (nSPS) is 30.5. The fraction of sp³-hybridized carbons (Fsp3) is 0.579. The van der Waals surface area contributed by atoms with Crippen LogP contribution in [0.4, 0.5) is 0 Å². The van der Waals surface area contributed by atoms with Gasteiger partial charge in [0.05, 0.1) is 25.0 Å². The molecule has 0 radical (unpaired) electrons. The summed E-state index contributed by atoms with van der Waals surface area (Å²) in [6.45, 7) is 6.91. The Morgan fingerprint density at radius 3 is 2.84 bits per heavy atom. The molecule has 1 unspecified atom stereocenters. The number of hydrogen-bond donors (Lipinski definition) is 2. The van der Waals surface area contributed by atoms with Crippen LogP contribution in [0.3, 0.4) is 0 Å². The van der Waals surface area contributed by atoms with E-state index in [1.165, 1.54) is 0 Å². The number of esters is 2. The van der Waals surface area contributed by atoms with E-state index in [0.717, 1.165) is 17.6 Å². The lowest BCUT2D eigenvalue weighted by Gasteiger charge is -2.28. The molecule has 0 spiro atoms. The molecule has 1 saturated heterocycles. The minimum Gasteiger partial charge on any atom is -0.461 e. The fourth-order valence-corrected chi connectivity index (χ4v) is 3.11. The average molecular weight is 350 g/mol. The Kier molecular flexibility index (Phi) is 6.56. The number of ether oxygens (including phenoxy) is 2. The lowest BCUT2D eigenvalue weighted by Crippen LogP contribution is -2.35. The van der Waals surface area contributed by atoms with Crippen LogP contribution in [0.1, 0.15) is 33.1 Å². The molecule has 6 nitrogen and oxygen atoms in total. The molecule has 0 aromatic carbocycles. The second-order valence-corrected chi connectivity index (χ2v) is 6.76. The zero-order valence-corrected chi connectivity index (χ0v) is 14.7. The predicted octanol–water partition coefficient (Wildman–Crippen LogP) is 1.67. The largest absolute Gasteiger partial charge is 0.461 e. The lowest BCUT2D eigenvalue weighted by atomic mass is 9.85. The van der Waals surface area contributed by atoms with E-state index in [4.69, 9.17) is 9.47 Å². The third kappa shape index (κ3) is 4.58. The van der Waals surface area contributed by atoms with Gasteiger partial charge in [-0.1, -0.05) is 18.2 Å². The van der Waals surface area contributed by atoms with Gasteiger partial charge in [0.15, 0.2) is 0 Å². The van der Waals surface area contributed by atoms with Gasteiger partial charge in [-0.2, -0.15) is 0 Å². The molecule has 2 rings (SSSR count). The number of aliphatic hydroxyl groups excluding tert-OH is 2. The molecule has 2 aliphatic rings. The van der Waals surface area contributed by atoms with E-state index in [-0.39, 0.29) is 18.8 Å². The van der Waals surface area contributed by atoms with E-state index >= 15 is 0 Å². The van der Waals surface area contributed by atoms with Crippen LogP contribution < -0.4 is 0 Å². The Hall–Kier alpha value is -1.92. The number of fused-ring (bicyclic) bond motifs is 1. The SMILES string of the molecule is C=C1C(=O)O[C@@H]2/C=C(\CO)CCC=C(C)C[C@H](OC(=O)C(C)CO)[C@@H]12. The molecule has 6 heteroatoms. The van der Waals surface area contributed by atoms with Crippen molar-refractivity contribution in [1.82, 2.24) is 0 Å². The maximum absolute atomic E-state index is 12.2. The number of allylic oxidation sites excluding steroid dienone is 1. The first-order valence-electron chi connectivity index (χ1n) is 8.54. The third-order valence-electron chi connectivity index (χ3n) is 4.69. The number of rotatable bonds is 4. The monoisotopic (exact) mass is 350 g/mol. The van der Waals surface area contributed by atoms with Crippen LogP contribution in [0, 0.1) is 11.8 Å². The van der Waals surface area contributed by atoms with E-state index < -0.39 is 36.0 Å². The highest BCUT2D eigenvalue weighted by Gasteiger charge is 2.44. The molecule has 25 heavy (non-hydrogen) atoms. The zero-order valence-electron chi connectivity index (χ0n) is 14.7. The summed E-state index contributed by atoms with van der Waals surface area (Å²) in [5.74, 6) is -2.19. The van der Waals surface area contributed by atoms with Crippen molar-refractivity contribution in [2.45, 2.75) is 45.3 Å². The number of carbonyl (C=O) groups is 2. The lowest BCUT2D eigenvalue weighted by molar-refractivity contribution is -0.157. The molecule has 1 heterocycles. The first-order valence-corrected chi connectivity index (χ1v) is 8.54. The van der Waals surface area contributed by atoms with Crippen LogP contribution in [0.15, 0.2) is 35.5 Å². The smallest absolute Gasteiger partial charge is 0.334 e. The van der Waals surface area contributed by atoms with Crippen molar-refractivity contribution in [1.29, 1.82) is 0 Å². The second kappa shape index (κ2) is 8.45. The molecule has 0 bridgehead atoms. The molecule has 0 amide bonds. The van der Waals surface area contributed by atoms with E-state index in [0.29, 0.717) is 12.8 Å². The van der Waals surface area contributed by atoms with Gasteiger partial charge in [-0.05, 0) is 38.3 Å². The van der Waals surface area contributed by atoms with Crippen molar-refractivity contribution in [2.75, 3.05) is 13.2 Å². The van der Waals surface area contributed by atoms with Crippen LogP contribution in [0.5, 0.6) is 0 Å². The van der Waals surface area contributed by atoms with Gasteiger partial charge in [0.1, 0.15) is 12.2 Å². The van der Waals surface area contributed by atoms with Crippen LogP contribution in [-0.2, 0) is 19.1 Å². The summed E-state index contributed by atoms with van der Waals surface area (Å²) < 4.78 is 11.0. The minimum atomic E-state index is -0.645. The fourth-order valence-electron chi connectivity index (χ4n) is 3.11. The molecule has 0 aromatic heterocycles. The minimum absolute atomic E-state index is 0.119. The van der Waals surface area contributed by atoms with Gasteiger partial charge in [0, 0.05) is 12.0 Å². The van der Waals surface area contributed by atoms with Gasteiger partial charge in [-0.15, -0.1) is 0 Å². The summed E-state index contributed by atoms with van der Waals surface area (Å²) in [7, 11) is 0. The Bertz CT molecular complexity index is 603. The van der Waals surface area contributed by atoms with Crippen molar-refractivity contribution < 1.29 is 29.3 Å². The number of carbonyl (C=O) groups excluding carboxylic acids is 2. The quantitative estimate of drug-likeness (QED) is 0.455. The van der Waals surface area contributed by atoms with Crippen LogP contribution in [0.2, 0.25) is 0 Å². The van der Waals surface area contributed by atoms with Crippen LogP contribution >= 0.6 is 0 Å². The Morgan fingerprint density at radius 2 is 2.20 bits per heavy atom. The predicted molar refractivity (Wildman–Crippen MR) is 91.4 cm³/mol. The van der Waals surface area contributed by atoms with Gasteiger partial charge in [-0.3, -0.25) is 4.79 Å². The van der Waals surface area contributed by atoms with Crippen molar-refractivity contribution in [3.8, 4) is 0 Å². The number of aliphatic hydroxyl groups is 2. The van der Waals surface area contributed by atoms with Gasteiger partial charge in [0.2, 0.25) is 0 Å². The molecular formula is C19H26O6. The Labute approximate surface area is 147 Å². The van der Waals surface area contributed by atoms with Gasteiger partial charge in [-0.25, -0.2) is 4.79 Å². The summed E-state index contributed by atoms with van der Waals surface area (Å²) in [6.07, 6.45) is 4.44. The van der Waals surface area contributed by atoms with E-state index in [1.54, 1.807) is 13.0 Å². The van der Waals surface area contributed by atoms with Crippen LogP contribution in [0.25, 0.3) is 0 Å². The van der Waals surface area contributed by atoms with E-state index in [9.17, 15) is 19.8 Å². The van der Waals surface area contributed by atoms with Crippen molar-refractivity contribution in [3.63, 3.8) is 0 Å². The molecule has 0 saturated carbocycles.